The Kier molecular flexibility index (Phi) is 3.98. The van der Waals surface area contributed by atoms with Gasteiger partial charge in [-0.15, -0.1) is 0 Å². The summed E-state index contributed by atoms with van der Waals surface area (Å²) in [6.07, 6.45) is 0. The molecule has 0 saturated carbocycles. The molecule has 2 heteroatoms. The molecule has 1 aromatic carbocycles. The molecule has 2 nitrogen and oxygen atoms in total. The minimum atomic E-state index is 0.219. The highest BCUT2D eigenvalue weighted by atomic mass is 15.1. The monoisotopic (exact) mass is 220 g/mol. The van der Waals surface area contributed by atoms with Crippen molar-refractivity contribution in [2.75, 3.05) is 18.5 Å². The van der Waals surface area contributed by atoms with Gasteiger partial charge in [-0.25, -0.2) is 0 Å². The third-order valence-electron chi connectivity index (χ3n) is 3.14. The van der Waals surface area contributed by atoms with Crippen LogP contribution >= 0.6 is 0 Å². The molecule has 1 aromatic rings. The summed E-state index contributed by atoms with van der Waals surface area (Å²) in [7, 11) is 2.09. The molecular formula is C14H24N2. The van der Waals surface area contributed by atoms with Crippen LogP contribution in [0.1, 0.15) is 33.3 Å². The molecule has 0 radical (unpaired) electrons. The van der Waals surface area contributed by atoms with Crippen LogP contribution in [0, 0.1) is 0 Å². The van der Waals surface area contributed by atoms with E-state index < -0.39 is 0 Å². The first kappa shape index (κ1) is 13.0. The Morgan fingerprint density at radius 2 is 1.69 bits per heavy atom. The largest absolute Gasteiger partial charge is 0.371 e. The topological polar surface area (TPSA) is 29.3 Å². The van der Waals surface area contributed by atoms with Gasteiger partial charge < -0.3 is 10.6 Å². The molecule has 0 spiro atoms. The molecule has 0 aliphatic rings. The summed E-state index contributed by atoms with van der Waals surface area (Å²) in [6, 6.07) is 9.13. The summed E-state index contributed by atoms with van der Waals surface area (Å²) in [6.45, 7) is 9.51. The van der Waals surface area contributed by atoms with Gasteiger partial charge in [0.15, 0.2) is 0 Å². The van der Waals surface area contributed by atoms with Crippen molar-refractivity contribution >= 4 is 5.69 Å². The van der Waals surface area contributed by atoms with E-state index in [2.05, 4.69) is 63.9 Å². The van der Waals surface area contributed by atoms with Crippen LogP contribution in [0.5, 0.6) is 0 Å². The van der Waals surface area contributed by atoms with Crippen molar-refractivity contribution in [2.45, 2.75) is 39.2 Å². The van der Waals surface area contributed by atoms with E-state index in [0.29, 0.717) is 12.6 Å². The second kappa shape index (κ2) is 4.88. The number of nitrogens with zero attached hydrogens (tertiary/aromatic N) is 1. The second-order valence-corrected chi connectivity index (χ2v) is 5.49. The molecule has 90 valence electrons. The summed E-state index contributed by atoms with van der Waals surface area (Å²) in [4.78, 5) is 2.21. The van der Waals surface area contributed by atoms with Crippen LogP contribution in [0.2, 0.25) is 0 Å². The standard InChI is InChI=1S/C14H24N2/c1-11(10-15)16(5)13-8-6-12(7-9-13)14(2,3)4/h6-9,11H,10,15H2,1-5H3. The Balaban J connectivity index is 2.87. The lowest BCUT2D eigenvalue weighted by atomic mass is 9.87. The van der Waals surface area contributed by atoms with Gasteiger partial charge in [0.25, 0.3) is 0 Å². The highest BCUT2D eigenvalue weighted by Crippen LogP contribution is 2.24. The number of hydrogen-bond donors (Lipinski definition) is 1. The molecule has 0 saturated heterocycles. The zero-order valence-corrected chi connectivity index (χ0v) is 11.1. The maximum absolute atomic E-state index is 5.67. The number of nitrogens with two attached hydrogens (primary N) is 1. The Bertz CT molecular complexity index is 322. The van der Waals surface area contributed by atoms with Gasteiger partial charge in [-0.3, -0.25) is 0 Å². The highest BCUT2D eigenvalue weighted by molar-refractivity contribution is 5.48. The minimum absolute atomic E-state index is 0.219. The van der Waals surface area contributed by atoms with E-state index in [9.17, 15) is 0 Å². The zero-order chi connectivity index (χ0) is 12.3. The van der Waals surface area contributed by atoms with E-state index in [-0.39, 0.29) is 5.41 Å². The van der Waals surface area contributed by atoms with Gasteiger partial charge in [-0.1, -0.05) is 32.9 Å². The fraction of sp³-hybridized carbons (Fsp3) is 0.571. The van der Waals surface area contributed by atoms with E-state index in [1.807, 2.05) is 0 Å². The summed E-state index contributed by atoms with van der Waals surface area (Å²) in [5.41, 5.74) is 8.48. The fourth-order valence-electron chi connectivity index (χ4n) is 1.61. The molecular weight excluding hydrogens is 196 g/mol. The Labute approximate surface area is 99.5 Å². The number of anilines is 1. The molecule has 0 aromatic heterocycles. The molecule has 0 aliphatic heterocycles. The first-order chi connectivity index (χ1) is 7.36. The van der Waals surface area contributed by atoms with Crippen molar-refractivity contribution in [3.8, 4) is 0 Å². The van der Waals surface area contributed by atoms with Crippen molar-refractivity contribution in [3.05, 3.63) is 29.8 Å². The number of likely N-dealkylation sites (N-methyl/N-ethyl adjacent to an activating group) is 1. The van der Waals surface area contributed by atoms with Gasteiger partial charge in [-0.05, 0) is 30.0 Å². The van der Waals surface area contributed by atoms with Crippen LogP contribution in [-0.2, 0) is 5.41 Å². The van der Waals surface area contributed by atoms with Crippen LogP contribution < -0.4 is 10.6 Å². The lowest BCUT2D eigenvalue weighted by Crippen LogP contribution is -2.35. The van der Waals surface area contributed by atoms with E-state index in [4.69, 9.17) is 5.73 Å². The summed E-state index contributed by atoms with van der Waals surface area (Å²) < 4.78 is 0. The SMILES string of the molecule is CC(CN)N(C)c1ccc(C(C)(C)C)cc1. The van der Waals surface area contributed by atoms with Crippen molar-refractivity contribution in [1.82, 2.24) is 0 Å². The van der Waals surface area contributed by atoms with Crippen LogP contribution in [0.25, 0.3) is 0 Å². The number of hydrogen-bond acceptors (Lipinski definition) is 2. The second-order valence-electron chi connectivity index (χ2n) is 5.49. The van der Waals surface area contributed by atoms with Crippen molar-refractivity contribution < 1.29 is 0 Å². The van der Waals surface area contributed by atoms with Gasteiger partial charge in [0.1, 0.15) is 0 Å². The van der Waals surface area contributed by atoms with E-state index in [1.54, 1.807) is 0 Å². The average molecular weight is 220 g/mol. The van der Waals surface area contributed by atoms with Crippen molar-refractivity contribution in [1.29, 1.82) is 0 Å². The first-order valence-corrected chi connectivity index (χ1v) is 5.89. The third kappa shape index (κ3) is 2.99. The quantitative estimate of drug-likeness (QED) is 0.848. The molecule has 1 unspecified atom stereocenters. The van der Waals surface area contributed by atoms with Gasteiger partial charge in [0.05, 0.1) is 0 Å². The molecule has 0 bridgehead atoms. The van der Waals surface area contributed by atoms with Gasteiger partial charge >= 0.3 is 0 Å². The molecule has 0 fully saturated rings. The Hall–Kier alpha value is -1.02. The first-order valence-electron chi connectivity index (χ1n) is 5.89. The predicted molar refractivity (Wildman–Crippen MR) is 72.1 cm³/mol. The van der Waals surface area contributed by atoms with E-state index in [0.717, 1.165) is 0 Å². The van der Waals surface area contributed by atoms with Crippen LogP contribution in [0.3, 0.4) is 0 Å². The Morgan fingerprint density at radius 3 is 2.06 bits per heavy atom. The summed E-state index contributed by atoms with van der Waals surface area (Å²) in [5, 5.41) is 0. The zero-order valence-electron chi connectivity index (χ0n) is 11.1. The average Bonchev–Trinajstić information content (AvgIpc) is 2.26. The fourth-order valence-corrected chi connectivity index (χ4v) is 1.61. The number of rotatable bonds is 3. The summed E-state index contributed by atoms with van der Waals surface area (Å²) in [5.74, 6) is 0. The molecule has 2 N–H and O–H groups in total. The third-order valence-corrected chi connectivity index (χ3v) is 3.14. The molecule has 0 aliphatic carbocycles. The van der Waals surface area contributed by atoms with Gasteiger partial charge in [-0.2, -0.15) is 0 Å². The highest BCUT2D eigenvalue weighted by Gasteiger charge is 2.14. The maximum atomic E-state index is 5.67. The van der Waals surface area contributed by atoms with Crippen LogP contribution in [-0.4, -0.2) is 19.6 Å². The van der Waals surface area contributed by atoms with E-state index >= 15 is 0 Å². The van der Waals surface area contributed by atoms with Crippen molar-refractivity contribution in [3.63, 3.8) is 0 Å². The predicted octanol–water partition coefficient (Wildman–Crippen LogP) is 2.77. The Morgan fingerprint density at radius 1 is 1.19 bits per heavy atom. The molecule has 0 heterocycles. The molecule has 1 atom stereocenters. The smallest absolute Gasteiger partial charge is 0.0380 e. The molecule has 16 heavy (non-hydrogen) atoms. The normalized spacial score (nSPS) is 13.6. The maximum Gasteiger partial charge on any atom is 0.0380 e. The van der Waals surface area contributed by atoms with Crippen LogP contribution in [0.15, 0.2) is 24.3 Å². The van der Waals surface area contributed by atoms with Crippen molar-refractivity contribution in [2.24, 2.45) is 5.73 Å². The summed E-state index contributed by atoms with van der Waals surface area (Å²) >= 11 is 0. The lowest BCUT2D eigenvalue weighted by Gasteiger charge is -2.27. The molecule has 1 rings (SSSR count). The lowest BCUT2D eigenvalue weighted by molar-refractivity contribution is 0.590. The minimum Gasteiger partial charge on any atom is -0.371 e. The molecule has 0 amide bonds. The number of benzene rings is 1. The van der Waals surface area contributed by atoms with Gasteiger partial charge in [0, 0.05) is 25.3 Å². The van der Waals surface area contributed by atoms with Crippen LogP contribution in [0.4, 0.5) is 5.69 Å². The van der Waals surface area contributed by atoms with Gasteiger partial charge in [0.2, 0.25) is 0 Å². The van der Waals surface area contributed by atoms with E-state index in [1.165, 1.54) is 11.3 Å².